The second kappa shape index (κ2) is 6.47. The quantitative estimate of drug-likeness (QED) is 0.730. The number of pyridine rings is 1. The molecule has 0 aliphatic heterocycles. The molecule has 8 nitrogen and oxygen atoms in total. The Hall–Kier alpha value is -2.90. The summed E-state index contributed by atoms with van der Waals surface area (Å²) in [6.45, 7) is 3.52. The molecule has 1 atom stereocenters. The highest BCUT2D eigenvalue weighted by molar-refractivity contribution is 5.97. The Morgan fingerprint density at radius 1 is 1.26 bits per heavy atom. The number of carboxylic acids is 2. The van der Waals surface area contributed by atoms with E-state index in [1.807, 2.05) is 13.0 Å². The minimum atomic E-state index is -1.28. The molecule has 0 aliphatic rings. The highest BCUT2D eigenvalue weighted by atomic mass is 16.4. The molecule has 122 valence electrons. The molecule has 0 saturated carbocycles. The maximum absolute atomic E-state index is 12.4. The number of nitrogens with zero attached hydrogens (tertiary/aromatic N) is 2. The average Bonchev–Trinajstić information content (AvgIpc) is 2.77. The fourth-order valence-corrected chi connectivity index (χ4v) is 2.29. The van der Waals surface area contributed by atoms with Gasteiger partial charge in [0, 0.05) is 12.6 Å². The third kappa shape index (κ3) is 3.65. The number of amides is 1. The smallest absolute Gasteiger partial charge is 0.326 e. The molecule has 0 spiro atoms. The summed E-state index contributed by atoms with van der Waals surface area (Å²) in [5.41, 5.74) is 2.21. The highest BCUT2D eigenvalue weighted by Crippen LogP contribution is 2.14. The van der Waals surface area contributed by atoms with E-state index in [4.69, 9.17) is 10.2 Å². The van der Waals surface area contributed by atoms with E-state index in [-0.39, 0.29) is 18.5 Å². The molecule has 1 unspecified atom stereocenters. The fourth-order valence-electron chi connectivity index (χ4n) is 2.29. The molecule has 2 aromatic heterocycles. The van der Waals surface area contributed by atoms with Gasteiger partial charge in [0.05, 0.1) is 5.69 Å². The van der Waals surface area contributed by atoms with E-state index in [9.17, 15) is 14.4 Å². The van der Waals surface area contributed by atoms with Crippen LogP contribution in [0.1, 0.15) is 34.6 Å². The number of rotatable bonds is 6. The van der Waals surface area contributed by atoms with Gasteiger partial charge in [0.15, 0.2) is 0 Å². The first-order valence-electron chi connectivity index (χ1n) is 7.00. The van der Waals surface area contributed by atoms with Gasteiger partial charge in [0.2, 0.25) is 0 Å². The Bertz CT molecular complexity index is 781. The maximum atomic E-state index is 12.4. The number of hydrogen-bond donors (Lipinski definition) is 3. The SMILES string of the molecule is Cc1ccc2nc(C)c(C(=O)NC(CCC(=O)O)C(=O)O)n2c1. The van der Waals surface area contributed by atoms with E-state index in [2.05, 4.69) is 10.3 Å². The first kappa shape index (κ1) is 16.5. The molecule has 8 heteroatoms. The average molecular weight is 319 g/mol. The molecule has 0 bridgehead atoms. The topological polar surface area (TPSA) is 121 Å². The zero-order chi connectivity index (χ0) is 17.1. The van der Waals surface area contributed by atoms with E-state index < -0.39 is 23.9 Å². The zero-order valence-corrected chi connectivity index (χ0v) is 12.7. The van der Waals surface area contributed by atoms with Crippen molar-refractivity contribution in [3.8, 4) is 0 Å². The van der Waals surface area contributed by atoms with Gasteiger partial charge in [-0.3, -0.25) is 14.0 Å². The van der Waals surface area contributed by atoms with Crippen molar-refractivity contribution in [1.29, 1.82) is 0 Å². The molecule has 0 fully saturated rings. The van der Waals surface area contributed by atoms with E-state index in [0.717, 1.165) is 5.56 Å². The van der Waals surface area contributed by atoms with Crippen molar-refractivity contribution in [3.05, 3.63) is 35.3 Å². The van der Waals surface area contributed by atoms with Crippen LogP contribution >= 0.6 is 0 Å². The predicted octanol–water partition coefficient (Wildman–Crippen LogP) is 0.999. The third-order valence-electron chi connectivity index (χ3n) is 3.41. The van der Waals surface area contributed by atoms with Gasteiger partial charge >= 0.3 is 11.9 Å². The Labute approximate surface area is 131 Å². The molecular weight excluding hydrogens is 302 g/mol. The van der Waals surface area contributed by atoms with Crippen molar-refractivity contribution < 1.29 is 24.6 Å². The van der Waals surface area contributed by atoms with Crippen molar-refractivity contribution in [1.82, 2.24) is 14.7 Å². The third-order valence-corrected chi connectivity index (χ3v) is 3.41. The number of carbonyl (C=O) groups excluding carboxylic acids is 1. The molecule has 2 rings (SSSR count). The summed E-state index contributed by atoms with van der Waals surface area (Å²) in [5.74, 6) is -2.99. The van der Waals surface area contributed by atoms with Crippen LogP contribution in [0.15, 0.2) is 18.3 Å². The van der Waals surface area contributed by atoms with Crippen LogP contribution in [0.25, 0.3) is 5.65 Å². The summed E-state index contributed by atoms with van der Waals surface area (Å²) in [4.78, 5) is 38.5. The summed E-state index contributed by atoms with van der Waals surface area (Å²) in [6, 6.07) is 2.35. The zero-order valence-electron chi connectivity index (χ0n) is 12.7. The van der Waals surface area contributed by atoms with Gasteiger partial charge in [0.25, 0.3) is 5.91 Å². The normalized spacial score (nSPS) is 12.1. The van der Waals surface area contributed by atoms with E-state index in [1.165, 1.54) is 0 Å². The number of fused-ring (bicyclic) bond motifs is 1. The molecule has 0 saturated heterocycles. The van der Waals surface area contributed by atoms with Gasteiger partial charge in [-0.1, -0.05) is 6.07 Å². The first-order valence-corrected chi connectivity index (χ1v) is 7.00. The van der Waals surface area contributed by atoms with Crippen LogP contribution in [0.5, 0.6) is 0 Å². The summed E-state index contributed by atoms with van der Waals surface area (Å²) in [6.07, 6.45) is 1.20. The Balaban J connectivity index is 2.28. The van der Waals surface area contributed by atoms with Gasteiger partial charge in [-0.05, 0) is 31.9 Å². The molecule has 0 radical (unpaired) electrons. The number of carbonyl (C=O) groups is 3. The summed E-state index contributed by atoms with van der Waals surface area (Å²) < 4.78 is 1.59. The van der Waals surface area contributed by atoms with E-state index in [1.54, 1.807) is 23.6 Å². The Morgan fingerprint density at radius 3 is 2.57 bits per heavy atom. The molecular formula is C15H17N3O5. The summed E-state index contributed by atoms with van der Waals surface area (Å²) in [5, 5.41) is 20.2. The molecule has 3 N–H and O–H groups in total. The molecule has 0 aromatic carbocycles. The van der Waals surface area contributed by atoms with Crippen molar-refractivity contribution in [3.63, 3.8) is 0 Å². The minimum absolute atomic E-state index is 0.189. The molecule has 0 aliphatic carbocycles. The van der Waals surface area contributed by atoms with Crippen molar-refractivity contribution >= 4 is 23.5 Å². The number of aliphatic carboxylic acids is 2. The van der Waals surface area contributed by atoms with E-state index >= 15 is 0 Å². The van der Waals surface area contributed by atoms with Gasteiger partial charge in [-0.15, -0.1) is 0 Å². The van der Waals surface area contributed by atoms with Gasteiger partial charge < -0.3 is 15.5 Å². The van der Waals surface area contributed by atoms with Crippen LogP contribution < -0.4 is 5.32 Å². The molecule has 23 heavy (non-hydrogen) atoms. The second-order valence-corrected chi connectivity index (χ2v) is 5.28. The summed E-state index contributed by atoms with van der Waals surface area (Å²) >= 11 is 0. The van der Waals surface area contributed by atoms with Gasteiger partial charge in [-0.2, -0.15) is 0 Å². The Kier molecular flexibility index (Phi) is 4.63. The molecule has 1 amide bonds. The van der Waals surface area contributed by atoms with Crippen LogP contribution in [0.3, 0.4) is 0 Å². The van der Waals surface area contributed by atoms with Crippen LogP contribution in [0, 0.1) is 13.8 Å². The maximum Gasteiger partial charge on any atom is 0.326 e. The lowest BCUT2D eigenvalue weighted by Gasteiger charge is -2.13. The minimum Gasteiger partial charge on any atom is -0.481 e. The van der Waals surface area contributed by atoms with Gasteiger partial charge in [-0.25, -0.2) is 9.78 Å². The first-order chi connectivity index (χ1) is 10.8. The highest BCUT2D eigenvalue weighted by Gasteiger charge is 2.24. The number of aryl methyl sites for hydroxylation is 2. The lowest BCUT2D eigenvalue weighted by atomic mass is 10.1. The fraction of sp³-hybridized carbons (Fsp3) is 0.333. The lowest BCUT2D eigenvalue weighted by Crippen LogP contribution is -2.41. The monoisotopic (exact) mass is 319 g/mol. The molecule has 2 aromatic rings. The van der Waals surface area contributed by atoms with Crippen molar-refractivity contribution in [2.24, 2.45) is 0 Å². The lowest BCUT2D eigenvalue weighted by molar-refractivity contribution is -0.140. The molecule has 2 heterocycles. The second-order valence-electron chi connectivity index (χ2n) is 5.28. The number of imidazole rings is 1. The Morgan fingerprint density at radius 2 is 1.96 bits per heavy atom. The van der Waals surface area contributed by atoms with Gasteiger partial charge in [0.1, 0.15) is 17.4 Å². The van der Waals surface area contributed by atoms with Crippen molar-refractivity contribution in [2.75, 3.05) is 0 Å². The standard InChI is InChI=1S/C15H17N3O5/c1-8-3-5-11-16-9(2)13(18(11)7-8)14(21)17-10(15(22)23)4-6-12(19)20/h3,5,7,10H,4,6H2,1-2H3,(H,17,21)(H,19,20)(H,22,23). The number of nitrogens with one attached hydrogen (secondary N) is 1. The number of aromatic nitrogens is 2. The van der Waals surface area contributed by atoms with E-state index in [0.29, 0.717) is 11.3 Å². The van der Waals surface area contributed by atoms with Crippen LogP contribution in [-0.4, -0.2) is 43.5 Å². The largest absolute Gasteiger partial charge is 0.481 e. The van der Waals surface area contributed by atoms with Crippen LogP contribution in [-0.2, 0) is 9.59 Å². The number of carboxylic acid groups (broad SMARTS) is 2. The van der Waals surface area contributed by atoms with Crippen LogP contribution in [0.2, 0.25) is 0 Å². The number of hydrogen-bond acceptors (Lipinski definition) is 4. The van der Waals surface area contributed by atoms with Crippen molar-refractivity contribution in [2.45, 2.75) is 32.7 Å². The van der Waals surface area contributed by atoms with Crippen LogP contribution in [0.4, 0.5) is 0 Å². The predicted molar refractivity (Wildman–Crippen MR) is 80.4 cm³/mol. The summed E-state index contributed by atoms with van der Waals surface area (Å²) in [7, 11) is 0.